The Morgan fingerprint density at radius 1 is 1.17 bits per heavy atom. The molecule has 0 aliphatic rings. The zero-order valence-electron chi connectivity index (χ0n) is 20.0. The molecule has 0 aliphatic heterocycles. The molecule has 0 bridgehead atoms. The predicted molar refractivity (Wildman–Crippen MR) is 139 cm³/mol. The summed E-state index contributed by atoms with van der Waals surface area (Å²) in [4.78, 5) is 21.7. The maximum Gasteiger partial charge on any atom is 0.255 e. The minimum absolute atomic E-state index is 0.220. The molecule has 4 aromatic rings. The number of halogens is 1. The molecule has 0 atom stereocenters. The molecular formula is C26H27ClN6O2. The van der Waals surface area contributed by atoms with Gasteiger partial charge < -0.3 is 15.4 Å². The van der Waals surface area contributed by atoms with E-state index in [0.29, 0.717) is 33.7 Å². The van der Waals surface area contributed by atoms with Crippen LogP contribution >= 0.6 is 11.6 Å². The quantitative estimate of drug-likeness (QED) is 0.308. The average molecular weight is 491 g/mol. The summed E-state index contributed by atoms with van der Waals surface area (Å²) in [7, 11) is 1.54. The molecule has 1 amide bonds. The summed E-state index contributed by atoms with van der Waals surface area (Å²) in [6.45, 7) is 6.16. The number of carbonyl (C=O) groups is 1. The van der Waals surface area contributed by atoms with Crippen molar-refractivity contribution in [1.29, 1.82) is 0 Å². The van der Waals surface area contributed by atoms with Gasteiger partial charge in [0.25, 0.3) is 5.91 Å². The van der Waals surface area contributed by atoms with Crippen molar-refractivity contribution in [2.45, 2.75) is 33.2 Å². The van der Waals surface area contributed by atoms with Crippen LogP contribution in [0.15, 0.2) is 61.1 Å². The summed E-state index contributed by atoms with van der Waals surface area (Å²) in [5.74, 6) is 0.594. The fourth-order valence-corrected chi connectivity index (χ4v) is 3.70. The van der Waals surface area contributed by atoms with Gasteiger partial charge in [0.2, 0.25) is 5.95 Å². The molecular weight excluding hydrogens is 464 g/mol. The first kappa shape index (κ1) is 24.2. The molecule has 180 valence electrons. The second-order valence-electron chi connectivity index (χ2n) is 8.24. The van der Waals surface area contributed by atoms with E-state index in [9.17, 15) is 4.79 Å². The van der Waals surface area contributed by atoms with Crippen LogP contribution in [-0.4, -0.2) is 32.8 Å². The van der Waals surface area contributed by atoms with E-state index in [4.69, 9.17) is 16.3 Å². The average Bonchev–Trinajstić information content (AvgIpc) is 3.36. The summed E-state index contributed by atoms with van der Waals surface area (Å²) in [5.41, 5.74) is 4.34. The van der Waals surface area contributed by atoms with Crippen molar-refractivity contribution in [2.24, 2.45) is 0 Å². The Balaban J connectivity index is 1.55. The number of methoxy groups -OCH3 is 1. The number of aryl methyl sites for hydroxylation is 1. The number of hydrogen-bond donors (Lipinski definition) is 2. The van der Waals surface area contributed by atoms with Crippen molar-refractivity contribution in [3.63, 3.8) is 0 Å². The molecule has 0 saturated carbocycles. The summed E-state index contributed by atoms with van der Waals surface area (Å²) in [5, 5.41) is 10.9. The molecule has 0 saturated heterocycles. The number of carbonyl (C=O) groups excluding carboxylic acids is 1. The molecule has 2 heterocycles. The van der Waals surface area contributed by atoms with Crippen LogP contribution in [-0.2, 0) is 6.42 Å². The molecule has 8 nitrogen and oxygen atoms in total. The number of nitrogens with one attached hydrogen (secondary N) is 2. The Hall–Kier alpha value is -3.91. The molecule has 4 rings (SSSR count). The monoisotopic (exact) mass is 490 g/mol. The molecule has 9 heteroatoms. The second-order valence-corrected chi connectivity index (χ2v) is 8.65. The Bertz CT molecular complexity index is 1350. The first-order chi connectivity index (χ1) is 16.9. The lowest BCUT2D eigenvalue weighted by molar-refractivity contribution is 0.102. The number of hydrogen-bond acceptors (Lipinski definition) is 6. The van der Waals surface area contributed by atoms with Crippen LogP contribution in [0.1, 0.15) is 42.7 Å². The fraction of sp³-hybridized carbons (Fsp3) is 0.231. The number of nitrogens with zero attached hydrogens (tertiary/aromatic N) is 4. The van der Waals surface area contributed by atoms with Gasteiger partial charge in [-0.2, -0.15) is 5.10 Å². The zero-order valence-corrected chi connectivity index (χ0v) is 20.8. The van der Waals surface area contributed by atoms with Gasteiger partial charge in [-0.25, -0.2) is 9.97 Å². The topological polar surface area (TPSA) is 94.0 Å². The standard InChI is InChI=1S/C26H27ClN6O2/c1-5-17-7-6-8-20(11-17)30-25(34)18-9-10-22(23(12-18)35-4)31-26-28-14-21(27)24(32-26)19-13-29-33(15-19)16(2)3/h6-16H,5H2,1-4H3,(H,30,34)(H,28,31,32). The van der Waals surface area contributed by atoms with Crippen LogP contribution in [0.5, 0.6) is 5.75 Å². The zero-order chi connectivity index (χ0) is 24.9. The van der Waals surface area contributed by atoms with Gasteiger partial charge in [0, 0.05) is 29.1 Å². The highest BCUT2D eigenvalue weighted by molar-refractivity contribution is 6.32. The third kappa shape index (κ3) is 5.60. The Labute approximate surface area is 209 Å². The maximum atomic E-state index is 12.8. The molecule has 0 fully saturated rings. The van der Waals surface area contributed by atoms with Crippen molar-refractivity contribution < 1.29 is 9.53 Å². The van der Waals surface area contributed by atoms with Crippen molar-refractivity contribution >= 4 is 34.8 Å². The maximum absolute atomic E-state index is 12.8. The smallest absolute Gasteiger partial charge is 0.255 e. The SMILES string of the molecule is CCc1cccc(NC(=O)c2ccc(Nc3ncc(Cl)c(-c4cnn(C(C)C)c4)n3)c(OC)c2)c1. The highest BCUT2D eigenvalue weighted by Gasteiger charge is 2.15. The highest BCUT2D eigenvalue weighted by Crippen LogP contribution is 2.31. The van der Waals surface area contributed by atoms with Gasteiger partial charge in [0.05, 0.1) is 35.9 Å². The lowest BCUT2D eigenvalue weighted by atomic mass is 10.1. The van der Waals surface area contributed by atoms with Crippen molar-refractivity contribution in [1.82, 2.24) is 19.7 Å². The van der Waals surface area contributed by atoms with E-state index in [-0.39, 0.29) is 11.9 Å². The number of aromatic nitrogens is 4. The van der Waals surface area contributed by atoms with Gasteiger partial charge in [-0.1, -0.05) is 30.7 Å². The van der Waals surface area contributed by atoms with Crippen LogP contribution in [0.25, 0.3) is 11.3 Å². The van der Waals surface area contributed by atoms with Crippen LogP contribution < -0.4 is 15.4 Å². The Kier molecular flexibility index (Phi) is 7.31. The number of ether oxygens (including phenoxy) is 1. The predicted octanol–water partition coefficient (Wildman–Crippen LogP) is 6.14. The van der Waals surface area contributed by atoms with Crippen molar-refractivity contribution in [3.05, 3.63) is 77.2 Å². The number of rotatable bonds is 8. The minimum atomic E-state index is -0.227. The van der Waals surface area contributed by atoms with E-state index in [0.717, 1.165) is 23.2 Å². The Morgan fingerprint density at radius 3 is 2.71 bits per heavy atom. The van der Waals surface area contributed by atoms with Crippen LogP contribution in [0, 0.1) is 0 Å². The van der Waals surface area contributed by atoms with Gasteiger partial charge >= 0.3 is 0 Å². The normalized spacial score (nSPS) is 10.9. The largest absolute Gasteiger partial charge is 0.495 e. The van der Waals surface area contributed by atoms with Crippen molar-refractivity contribution in [2.75, 3.05) is 17.7 Å². The molecule has 35 heavy (non-hydrogen) atoms. The van der Waals surface area contributed by atoms with E-state index in [1.165, 1.54) is 6.20 Å². The number of anilines is 3. The molecule has 0 spiro atoms. The number of benzene rings is 2. The molecule has 2 aromatic carbocycles. The molecule has 2 N–H and O–H groups in total. The van der Waals surface area contributed by atoms with Gasteiger partial charge in [-0.3, -0.25) is 9.48 Å². The van der Waals surface area contributed by atoms with Crippen LogP contribution in [0.2, 0.25) is 5.02 Å². The first-order valence-electron chi connectivity index (χ1n) is 11.3. The van der Waals surface area contributed by atoms with E-state index < -0.39 is 0 Å². The fourth-order valence-electron chi connectivity index (χ4n) is 3.50. The van der Waals surface area contributed by atoms with E-state index >= 15 is 0 Å². The lowest BCUT2D eigenvalue weighted by Gasteiger charge is -2.13. The minimum Gasteiger partial charge on any atom is -0.495 e. The van der Waals surface area contributed by atoms with Gasteiger partial charge in [-0.05, 0) is 56.2 Å². The van der Waals surface area contributed by atoms with E-state index in [1.54, 1.807) is 31.5 Å². The summed E-state index contributed by atoms with van der Waals surface area (Å²) in [6, 6.07) is 13.1. The van der Waals surface area contributed by atoms with E-state index in [2.05, 4.69) is 32.6 Å². The number of amides is 1. The third-order valence-electron chi connectivity index (χ3n) is 5.45. The van der Waals surface area contributed by atoms with Crippen LogP contribution in [0.3, 0.4) is 0 Å². The summed E-state index contributed by atoms with van der Waals surface area (Å²) < 4.78 is 7.37. The molecule has 0 unspecified atom stereocenters. The molecule has 0 radical (unpaired) electrons. The highest BCUT2D eigenvalue weighted by atomic mass is 35.5. The van der Waals surface area contributed by atoms with Crippen LogP contribution in [0.4, 0.5) is 17.3 Å². The van der Waals surface area contributed by atoms with Gasteiger partial charge in [-0.15, -0.1) is 0 Å². The van der Waals surface area contributed by atoms with Gasteiger partial charge in [0.15, 0.2) is 0 Å². The Morgan fingerprint density at radius 2 is 2.00 bits per heavy atom. The van der Waals surface area contributed by atoms with Crippen molar-refractivity contribution in [3.8, 4) is 17.0 Å². The first-order valence-corrected chi connectivity index (χ1v) is 11.7. The molecule has 2 aromatic heterocycles. The summed E-state index contributed by atoms with van der Waals surface area (Å²) in [6.07, 6.45) is 6.05. The second kappa shape index (κ2) is 10.6. The third-order valence-corrected chi connectivity index (χ3v) is 5.73. The molecule has 0 aliphatic carbocycles. The summed E-state index contributed by atoms with van der Waals surface area (Å²) >= 11 is 6.36. The van der Waals surface area contributed by atoms with Gasteiger partial charge in [0.1, 0.15) is 5.75 Å². The van der Waals surface area contributed by atoms with E-state index in [1.807, 2.05) is 49.0 Å². The lowest BCUT2D eigenvalue weighted by Crippen LogP contribution is -2.12.